The molecule has 0 bridgehead atoms. The largest absolute Gasteiger partial charge is 0.508 e. The van der Waals surface area contributed by atoms with Gasteiger partial charge in [-0.1, -0.05) is 122 Å². The van der Waals surface area contributed by atoms with E-state index in [0.717, 1.165) is 126 Å². The molecule has 0 saturated heterocycles. The van der Waals surface area contributed by atoms with Crippen LogP contribution in [0.4, 0.5) is 0 Å². The predicted octanol–water partition coefficient (Wildman–Crippen LogP) is 14.3. The standard InChI is InChI=1S/2C28H42N2O2.2CH4/c2*1-7-25(21-13-15-27(31)23(17-21)19-29(9-3)10-4)26(8-2)22-14-16-28(32)24(18-22)20-30(11-5)12-6;;/h2*13-18,31-32H,7-12,19-20H2,1-6H3;2*1H4/b26-25+;26-25-;;. The third-order valence-corrected chi connectivity index (χ3v) is 13.0. The highest BCUT2D eigenvalue weighted by atomic mass is 16.3. The minimum absolute atomic E-state index is 0. The highest BCUT2D eigenvalue weighted by Crippen LogP contribution is 2.37. The molecule has 4 rings (SSSR count). The first-order chi connectivity index (χ1) is 30.8. The summed E-state index contributed by atoms with van der Waals surface area (Å²) in [6.07, 6.45) is 3.63. The van der Waals surface area contributed by atoms with Crippen LogP contribution < -0.4 is 0 Å². The lowest BCUT2D eigenvalue weighted by Gasteiger charge is -2.21. The van der Waals surface area contributed by atoms with E-state index in [1.807, 2.05) is 48.5 Å². The van der Waals surface area contributed by atoms with Crippen molar-refractivity contribution in [3.63, 3.8) is 0 Å². The Morgan fingerprint density at radius 3 is 0.606 bits per heavy atom. The summed E-state index contributed by atoms with van der Waals surface area (Å²) < 4.78 is 0. The molecule has 0 amide bonds. The van der Waals surface area contributed by atoms with E-state index in [2.05, 4.69) is 127 Å². The van der Waals surface area contributed by atoms with Gasteiger partial charge in [-0.15, -0.1) is 0 Å². The van der Waals surface area contributed by atoms with Crippen LogP contribution in [0.3, 0.4) is 0 Å². The van der Waals surface area contributed by atoms with Gasteiger partial charge >= 0.3 is 0 Å². The van der Waals surface area contributed by atoms with E-state index in [1.165, 1.54) is 44.5 Å². The van der Waals surface area contributed by atoms with Crippen molar-refractivity contribution >= 4 is 22.3 Å². The Labute approximate surface area is 403 Å². The van der Waals surface area contributed by atoms with Crippen LogP contribution in [0, 0.1) is 0 Å². The molecule has 0 aliphatic heterocycles. The number of allylic oxidation sites excluding steroid dienone is 4. The Hall–Kier alpha value is -4.60. The van der Waals surface area contributed by atoms with E-state index in [-0.39, 0.29) is 14.9 Å². The molecule has 8 nitrogen and oxygen atoms in total. The maximum Gasteiger partial charge on any atom is 0.120 e. The fourth-order valence-electron chi connectivity index (χ4n) is 8.72. The second kappa shape index (κ2) is 30.6. The molecule has 66 heavy (non-hydrogen) atoms. The van der Waals surface area contributed by atoms with Crippen LogP contribution in [0.2, 0.25) is 0 Å². The average Bonchev–Trinajstić information content (AvgIpc) is 3.31. The van der Waals surface area contributed by atoms with Crippen molar-refractivity contribution in [3.05, 3.63) is 117 Å². The van der Waals surface area contributed by atoms with Crippen LogP contribution in [0.25, 0.3) is 22.3 Å². The van der Waals surface area contributed by atoms with Gasteiger partial charge in [0.1, 0.15) is 23.0 Å². The van der Waals surface area contributed by atoms with Gasteiger partial charge in [0.15, 0.2) is 0 Å². The maximum absolute atomic E-state index is 10.5. The Bertz CT molecular complexity index is 1790. The molecule has 0 heterocycles. The lowest BCUT2D eigenvalue weighted by Crippen LogP contribution is -2.22. The van der Waals surface area contributed by atoms with Gasteiger partial charge in [0.25, 0.3) is 0 Å². The summed E-state index contributed by atoms with van der Waals surface area (Å²) in [5.41, 5.74) is 13.8. The molecule has 0 radical (unpaired) electrons. The summed E-state index contributed by atoms with van der Waals surface area (Å²) >= 11 is 0. The van der Waals surface area contributed by atoms with Crippen molar-refractivity contribution in [2.24, 2.45) is 0 Å². The summed E-state index contributed by atoms with van der Waals surface area (Å²) in [6.45, 7) is 36.6. The van der Waals surface area contributed by atoms with E-state index >= 15 is 0 Å². The molecular formula is C58H92N4O4. The van der Waals surface area contributed by atoms with Gasteiger partial charge in [0.05, 0.1) is 0 Å². The fraction of sp³-hybridized carbons (Fsp3) is 0.517. The minimum atomic E-state index is 0. The number of benzene rings is 4. The summed E-state index contributed by atoms with van der Waals surface area (Å²) in [5.74, 6) is 1.45. The van der Waals surface area contributed by atoms with Gasteiger partial charge in [0.2, 0.25) is 0 Å². The van der Waals surface area contributed by atoms with Crippen LogP contribution in [0.1, 0.15) is 168 Å². The monoisotopic (exact) mass is 909 g/mol. The Kier molecular flexibility index (Phi) is 27.6. The molecule has 0 spiro atoms. The normalized spacial score (nSPS) is 12.1. The summed E-state index contributed by atoms with van der Waals surface area (Å²) in [5, 5.41) is 41.9. The second-order valence-electron chi connectivity index (χ2n) is 16.5. The topological polar surface area (TPSA) is 93.9 Å². The molecule has 4 N–H and O–H groups in total. The van der Waals surface area contributed by atoms with Crippen molar-refractivity contribution in [2.45, 2.75) is 150 Å². The van der Waals surface area contributed by atoms with Gasteiger partial charge in [-0.2, -0.15) is 0 Å². The first kappa shape index (κ1) is 59.4. The van der Waals surface area contributed by atoms with Crippen LogP contribution in [0.5, 0.6) is 23.0 Å². The molecule has 0 atom stereocenters. The molecule has 0 aromatic heterocycles. The molecule has 0 unspecified atom stereocenters. The number of nitrogens with zero attached hydrogens (tertiary/aromatic N) is 4. The van der Waals surface area contributed by atoms with Crippen LogP contribution in [-0.4, -0.2) is 92.4 Å². The van der Waals surface area contributed by atoms with E-state index in [1.54, 1.807) is 0 Å². The highest BCUT2D eigenvalue weighted by Gasteiger charge is 2.17. The summed E-state index contributed by atoms with van der Waals surface area (Å²) in [7, 11) is 0. The Morgan fingerprint density at radius 1 is 0.303 bits per heavy atom. The highest BCUT2D eigenvalue weighted by molar-refractivity contribution is 5.92. The zero-order valence-electron chi connectivity index (χ0n) is 41.8. The van der Waals surface area contributed by atoms with Crippen LogP contribution >= 0.6 is 0 Å². The quantitative estimate of drug-likeness (QED) is 0.0517. The van der Waals surface area contributed by atoms with E-state index < -0.39 is 0 Å². The van der Waals surface area contributed by atoms with Gasteiger partial charge in [-0.25, -0.2) is 0 Å². The van der Waals surface area contributed by atoms with Gasteiger partial charge in [0, 0.05) is 48.4 Å². The third-order valence-electron chi connectivity index (χ3n) is 13.0. The third kappa shape index (κ3) is 16.3. The molecule has 4 aromatic rings. The molecular weight excluding hydrogens is 817 g/mol. The Balaban J connectivity index is 0.000000641. The van der Waals surface area contributed by atoms with Crippen molar-refractivity contribution in [1.29, 1.82) is 0 Å². The molecule has 4 aromatic carbocycles. The molecule has 0 aliphatic carbocycles. The predicted molar refractivity (Wildman–Crippen MR) is 287 cm³/mol. The number of aromatic hydroxyl groups is 4. The van der Waals surface area contributed by atoms with Gasteiger partial charge in [-0.3, -0.25) is 19.6 Å². The maximum atomic E-state index is 10.5. The minimum Gasteiger partial charge on any atom is -0.508 e. The first-order valence-electron chi connectivity index (χ1n) is 24.5. The lowest BCUT2D eigenvalue weighted by atomic mass is 9.89. The zero-order valence-corrected chi connectivity index (χ0v) is 41.8. The number of hydrogen-bond donors (Lipinski definition) is 4. The number of phenolic OH excluding ortho intramolecular Hbond substituents is 4. The van der Waals surface area contributed by atoms with Crippen molar-refractivity contribution in [1.82, 2.24) is 19.6 Å². The van der Waals surface area contributed by atoms with Crippen molar-refractivity contribution in [3.8, 4) is 23.0 Å². The molecule has 368 valence electrons. The van der Waals surface area contributed by atoms with Crippen LogP contribution in [-0.2, 0) is 26.2 Å². The average molecular weight is 909 g/mol. The Morgan fingerprint density at radius 2 is 0.470 bits per heavy atom. The lowest BCUT2D eigenvalue weighted by molar-refractivity contribution is 0.291. The molecule has 8 heteroatoms. The summed E-state index contributed by atoms with van der Waals surface area (Å²) in [4.78, 5) is 9.26. The van der Waals surface area contributed by atoms with Gasteiger partial charge in [-0.05, 0) is 171 Å². The van der Waals surface area contributed by atoms with E-state index in [4.69, 9.17) is 0 Å². The molecule has 0 saturated carbocycles. The number of phenols is 4. The smallest absolute Gasteiger partial charge is 0.120 e. The SMILES string of the molecule is C.C.CC/C(=C(/CC)c1ccc(O)c(CN(CC)CC)c1)c1ccc(O)c(CN(CC)CC)c1.CC/C(=C(\CC)c1ccc(O)c(CN(CC)CC)c1)c1ccc(O)c(CN(CC)CC)c1. The van der Waals surface area contributed by atoms with Crippen LogP contribution in [0.15, 0.2) is 72.8 Å². The summed E-state index contributed by atoms with van der Waals surface area (Å²) in [6, 6.07) is 24.1. The van der Waals surface area contributed by atoms with Crippen molar-refractivity contribution < 1.29 is 20.4 Å². The first-order valence-corrected chi connectivity index (χ1v) is 24.5. The molecule has 0 fully saturated rings. The fourth-order valence-corrected chi connectivity index (χ4v) is 8.72. The van der Waals surface area contributed by atoms with Gasteiger partial charge < -0.3 is 20.4 Å². The van der Waals surface area contributed by atoms with E-state index in [9.17, 15) is 20.4 Å². The molecule has 0 aliphatic rings. The second-order valence-corrected chi connectivity index (χ2v) is 16.5. The number of rotatable bonds is 24. The van der Waals surface area contributed by atoms with Crippen molar-refractivity contribution in [2.75, 3.05) is 52.4 Å². The van der Waals surface area contributed by atoms with E-state index in [0.29, 0.717) is 23.0 Å². The number of hydrogen-bond acceptors (Lipinski definition) is 8. The zero-order chi connectivity index (χ0) is 47.3.